The zero-order valence-corrected chi connectivity index (χ0v) is 13.2. The summed E-state index contributed by atoms with van der Waals surface area (Å²) < 4.78 is 34.1. The topological polar surface area (TPSA) is 84.7 Å². The monoisotopic (exact) mass is 318 g/mol. The summed E-state index contributed by atoms with van der Waals surface area (Å²) in [6.45, 7) is 4.36. The molecule has 2 N–H and O–H groups in total. The van der Waals surface area contributed by atoms with Crippen molar-refractivity contribution in [3.05, 3.63) is 11.6 Å². The number of anilines is 1. The Morgan fingerprint density at radius 2 is 2.25 bits per heavy atom. The molecule has 0 amide bonds. The molecule has 112 valence electrons. The van der Waals surface area contributed by atoms with Crippen LogP contribution in [0.3, 0.4) is 0 Å². The summed E-state index contributed by atoms with van der Waals surface area (Å²) in [5, 5.41) is 4.73. The van der Waals surface area contributed by atoms with Crippen molar-refractivity contribution in [1.82, 2.24) is 14.1 Å². The van der Waals surface area contributed by atoms with Gasteiger partial charge in [-0.15, -0.1) is 11.3 Å². The molecule has 0 unspecified atom stereocenters. The normalized spacial score (nSPS) is 12.4. The smallest absolute Gasteiger partial charge is 0.260 e. The molecule has 2 heterocycles. The Balaban J connectivity index is 2.20. The number of fused-ring (bicyclic) bond motifs is 1. The molecule has 0 aliphatic rings. The Kier molecular flexibility index (Phi) is 4.63. The summed E-state index contributed by atoms with van der Waals surface area (Å²) in [5.74, 6) is 0.342. The molecule has 0 aliphatic carbocycles. The number of nitrogens with one attached hydrogen (secondary N) is 2. The number of thiazole rings is 1. The van der Waals surface area contributed by atoms with Gasteiger partial charge >= 0.3 is 0 Å². The van der Waals surface area contributed by atoms with Crippen molar-refractivity contribution in [2.24, 2.45) is 0 Å². The first-order valence-electron chi connectivity index (χ1n) is 6.20. The van der Waals surface area contributed by atoms with Crippen LogP contribution in [-0.4, -0.2) is 44.1 Å². The summed E-state index contributed by atoms with van der Waals surface area (Å²) in [7, 11) is -1.99. The lowest BCUT2D eigenvalue weighted by atomic mass is 10.5. The van der Waals surface area contributed by atoms with E-state index in [-0.39, 0.29) is 17.7 Å². The number of hydrogen-bond donors (Lipinski definition) is 2. The highest BCUT2D eigenvalue weighted by Gasteiger charge is 2.24. The van der Waals surface area contributed by atoms with Gasteiger partial charge in [-0.2, -0.15) is 0 Å². The van der Waals surface area contributed by atoms with Gasteiger partial charge in [-0.25, -0.2) is 18.1 Å². The van der Waals surface area contributed by atoms with E-state index >= 15 is 0 Å². The molecule has 0 saturated heterocycles. The van der Waals surface area contributed by atoms with E-state index < -0.39 is 10.0 Å². The van der Waals surface area contributed by atoms with Gasteiger partial charge in [0.1, 0.15) is 0 Å². The molecular formula is C11H18N4O3S2. The summed E-state index contributed by atoms with van der Waals surface area (Å²) >= 11 is 1.38. The summed E-state index contributed by atoms with van der Waals surface area (Å²) in [6.07, 6.45) is 1.76. The van der Waals surface area contributed by atoms with Crippen molar-refractivity contribution in [3.8, 4) is 0 Å². The predicted octanol–water partition coefficient (Wildman–Crippen LogP) is 1.14. The molecule has 0 atom stereocenters. The van der Waals surface area contributed by atoms with Crippen LogP contribution in [0.1, 0.15) is 13.8 Å². The number of ether oxygens (including phenoxy) is 1. The van der Waals surface area contributed by atoms with Crippen LogP contribution in [0, 0.1) is 0 Å². The van der Waals surface area contributed by atoms with Crippen molar-refractivity contribution >= 4 is 32.1 Å². The highest BCUT2D eigenvalue weighted by atomic mass is 32.2. The summed E-state index contributed by atoms with van der Waals surface area (Å²) in [5.41, 5.74) is 0. The van der Waals surface area contributed by atoms with Crippen LogP contribution in [0.2, 0.25) is 0 Å². The first-order valence-corrected chi connectivity index (χ1v) is 8.56. The van der Waals surface area contributed by atoms with Gasteiger partial charge in [0.15, 0.2) is 15.8 Å². The van der Waals surface area contributed by atoms with E-state index in [0.717, 1.165) is 0 Å². The van der Waals surface area contributed by atoms with Gasteiger partial charge in [0.25, 0.3) is 10.0 Å². The van der Waals surface area contributed by atoms with Gasteiger partial charge in [-0.05, 0) is 13.8 Å². The summed E-state index contributed by atoms with van der Waals surface area (Å²) in [4.78, 5) is 4.87. The highest BCUT2D eigenvalue weighted by molar-refractivity contribution is 7.89. The quantitative estimate of drug-likeness (QED) is 0.748. The number of rotatable bonds is 7. The van der Waals surface area contributed by atoms with Crippen molar-refractivity contribution in [1.29, 1.82) is 0 Å². The average molecular weight is 318 g/mol. The van der Waals surface area contributed by atoms with E-state index in [0.29, 0.717) is 17.4 Å². The van der Waals surface area contributed by atoms with E-state index in [9.17, 15) is 8.42 Å². The second-order valence-electron chi connectivity index (χ2n) is 4.39. The number of imidazole rings is 1. The molecule has 2 aromatic rings. The molecular weight excluding hydrogens is 300 g/mol. The zero-order valence-electron chi connectivity index (χ0n) is 11.6. The standard InChI is InChI=1S/C11H18N4O3S2/c1-8(2)18-6-4-13-20(16,17)10-9(12-3)14-11-15(10)5-7-19-11/h5,7-8,12-13H,4,6H2,1-3H3. The molecule has 0 bridgehead atoms. The first-order chi connectivity index (χ1) is 9.45. The Labute approximate surface area is 122 Å². The SMILES string of the molecule is CNc1nc2sccn2c1S(=O)(=O)NCCOC(C)C. The average Bonchev–Trinajstić information content (AvgIpc) is 2.93. The minimum Gasteiger partial charge on any atom is -0.377 e. The zero-order chi connectivity index (χ0) is 14.8. The van der Waals surface area contributed by atoms with Crippen LogP contribution in [-0.2, 0) is 14.8 Å². The lowest BCUT2D eigenvalue weighted by Gasteiger charge is -2.09. The first kappa shape index (κ1) is 15.2. The van der Waals surface area contributed by atoms with Crippen LogP contribution in [0.15, 0.2) is 16.6 Å². The van der Waals surface area contributed by atoms with Gasteiger partial charge in [0.05, 0.1) is 12.7 Å². The minimum absolute atomic E-state index is 0.0749. The van der Waals surface area contributed by atoms with Gasteiger partial charge in [-0.3, -0.25) is 4.40 Å². The van der Waals surface area contributed by atoms with E-state index in [1.165, 1.54) is 11.3 Å². The maximum atomic E-state index is 12.4. The fourth-order valence-electron chi connectivity index (χ4n) is 1.72. The second-order valence-corrected chi connectivity index (χ2v) is 6.94. The fourth-order valence-corrected chi connectivity index (χ4v) is 3.79. The van der Waals surface area contributed by atoms with Crippen molar-refractivity contribution in [2.45, 2.75) is 25.0 Å². The molecule has 0 aliphatic heterocycles. The van der Waals surface area contributed by atoms with Crippen molar-refractivity contribution < 1.29 is 13.2 Å². The second kappa shape index (κ2) is 6.08. The number of hydrogen-bond acceptors (Lipinski definition) is 6. The lowest BCUT2D eigenvalue weighted by Crippen LogP contribution is -2.29. The van der Waals surface area contributed by atoms with Crippen molar-refractivity contribution in [2.75, 3.05) is 25.5 Å². The molecule has 20 heavy (non-hydrogen) atoms. The molecule has 0 radical (unpaired) electrons. The Morgan fingerprint density at radius 3 is 2.90 bits per heavy atom. The number of aromatic nitrogens is 2. The van der Waals surface area contributed by atoms with Crippen LogP contribution in [0.25, 0.3) is 4.96 Å². The molecule has 0 saturated carbocycles. The number of sulfonamides is 1. The molecule has 9 heteroatoms. The van der Waals surface area contributed by atoms with E-state index in [2.05, 4.69) is 15.0 Å². The molecule has 2 aromatic heterocycles. The molecule has 0 spiro atoms. The van der Waals surface area contributed by atoms with Gasteiger partial charge < -0.3 is 10.1 Å². The minimum atomic E-state index is -3.64. The predicted molar refractivity (Wildman–Crippen MR) is 78.9 cm³/mol. The molecule has 0 aromatic carbocycles. The van der Waals surface area contributed by atoms with Crippen LogP contribution < -0.4 is 10.0 Å². The maximum absolute atomic E-state index is 12.4. The van der Waals surface area contributed by atoms with Gasteiger partial charge in [0, 0.05) is 25.2 Å². The van der Waals surface area contributed by atoms with Gasteiger partial charge in [0.2, 0.25) is 0 Å². The van der Waals surface area contributed by atoms with Crippen LogP contribution >= 0.6 is 11.3 Å². The van der Waals surface area contributed by atoms with E-state index in [1.807, 2.05) is 13.8 Å². The molecule has 7 nitrogen and oxygen atoms in total. The van der Waals surface area contributed by atoms with E-state index in [1.54, 1.807) is 23.0 Å². The Hall–Kier alpha value is -1.16. The Morgan fingerprint density at radius 1 is 1.50 bits per heavy atom. The fraction of sp³-hybridized carbons (Fsp3) is 0.545. The highest BCUT2D eigenvalue weighted by Crippen LogP contribution is 2.24. The van der Waals surface area contributed by atoms with Crippen LogP contribution in [0.5, 0.6) is 0 Å². The van der Waals surface area contributed by atoms with Gasteiger partial charge in [-0.1, -0.05) is 0 Å². The van der Waals surface area contributed by atoms with Crippen molar-refractivity contribution in [3.63, 3.8) is 0 Å². The third kappa shape index (κ3) is 3.11. The van der Waals surface area contributed by atoms with Crippen LogP contribution in [0.4, 0.5) is 5.82 Å². The lowest BCUT2D eigenvalue weighted by molar-refractivity contribution is 0.0834. The Bertz CT molecular complexity index is 675. The third-order valence-corrected chi connectivity index (χ3v) is 4.79. The summed E-state index contributed by atoms with van der Waals surface area (Å²) in [6, 6.07) is 0. The largest absolute Gasteiger partial charge is 0.377 e. The van der Waals surface area contributed by atoms with E-state index in [4.69, 9.17) is 4.74 Å². The molecule has 0 fully saturated rings. The number of nitrogens with zero attached hydrogens (tertiary/aromatic N) is 2. The third-order valence-electron chi connectivity index (χ3n) is 2.55. The maximum Gasteiger partial charge on any atom is 0.260 e. The molecule has 2 rings (SSSR count).